The van der Waals surface area contributed by atoms with Crippen LogP contribution in [0, 0.1) is 11.2 Å². The van der Waals surface area contributed by atoms with Gasteiger partial charge in [0.25, 0.3) is 11.9 Å². The zero-order valence-electron chi connectivity index (χ0n) is 37.4. The van der Waals surface area contributed by atoms with Crippen LogP contribution in [0.5, 0.6) is 5.75 Å². The quantitative estimate of drug-likeness (QED) is 0.0654. The maximum Gasteiger partial charge on any atom is 0.424 e. The normalized spacial score (nSPS) is 14.1. The highest BCUT2D eigenvalue weighted by molar-refractivity contribution is 6.00. The Morgan fingerprint density at radius 2 is 1.54 bits per heavy atom. The molecule has 3 aromatic carbocycles. The summed E-state index contributed by atoms with van der Waals surface area (Å²) in [5, 5.41) is 9.65. The molecule has 1 aliphatic heterocycles. The summed E-state index contributed by atoms with van der Waals surface area (Å²) in [6.45, 7) is 8.08. The van der Waals surface area contributed by atoms with E-state index in [-0.39, 0.29) is 30.2 Å². The molecule has 0 saturated carbocycles. The minimum atomic E-state index is -4.88. The first-order valence-electron chi connectivity index (χ1n) is 20.8. The number of benzene rings is 3. The van der Waals surface area contributed by atoms with Gasteiger partial charge in [0, 0.05) is 17.4 Å². The van der Waals surface area contributed by atoms with Gasteiger partial charge in [-0.25, -0.2) is 32.6 Å². The summed E-state index contributed by atoms with van der Waals surface area (Å²) < 4.78 is 90.2. The number of ether oxygens (including phenoxy) is 4. The highest BCUT2D eigenvalue weighted by Gasteiger charge is 2.37. The van der Waals surface area contributed by atoms with Gasteiger partial charge in [-0.2, -0.15) is 18.2 Å². The van der Waals surface area contributed by atoms with E-state index in [1.807, 2.05) is 0 Å². The average molecular weight is 938 g/mol. The first-order valence-corrected chi connectivity index (χ1v) is 20.8. The van der Waals surface area contributed by atoms with Gasteiger partial charge in [-0.15, -0.1) is 5.10 Å². The standard InChI is InChI=1S/C46H48F5N7O9/c1-26(27-8-13-31(47)14-9-27)38(59)52-33-15-10-28(11-16-33)29-18-19-57-36(21-29)53-41(55-57)58(43(63)66-25-65-40(61)37(44(2,3)4)54-42(62)67-45(5,6)7)34-17-12-30(39(60)56-22-32(48)23-56)20-35(34)64-24-46(49,50)51/h8-21,26,32,37H,22-25H2,1-7H3,(H,52,59)(H,54,62)/t26-,37-/m1/s1. The number of anilines is 3. The molecule has 4 amide bonds. The summed E-state index contributed by atoms with van der Waals surface area (Å²) in [6, 6.07) is 17.6. The first kappa shape index (κ1) is 49.1. The maximum absolute atomic E-state index is 14.1. The number of nitrogens with one attached hydrogen (secondary N) is 2. The second-order valence-electron chi connectivity index (χ2n) is 17.6. The molecule has 0 spiro atoms. The molecule has 2 aromatic heterocycles. The van der Waals surface area contributed by atoms with Gasteiger partial charge in [0.1, 0.15) is 29.4 Å². The zero-order chi connectivity index (χ0) is 49.0. The van der Waals surface area contributed by atoms with E-state index in [1.54, 1.807) is 84.9 Å². The SMILES string of the molecule is C[C@@H](C(=O)Nc1ccc(-c2ccn3nc(N(C(=O)OCOC(=O)[C@@H](NC(=O)OC(C)(C)C)C(C)(C)C)c4ccc(C(=O)N5CC(F)C5)cc4OCC(F)(F)F)nc3c2)cc1)c1ccc(F)cc1. The molecule has 2 N–H and O–H groups in total. The van der Waals surface area contributed by atoms with Gasteiger partial charge in [-0.3, -0.25) is 9.59 Å². The molecule has 0 aliphatic carbocycles. The van der Waals surface area contributed by atoms with Gasteiger partial charge in [0.05, 0.1) is 24.7 Å². The number of amides is 4. The van der Waals surface area contributed by atoms with Crippen molar-refractivity contribution >= 4 is 52.9 Å². The lowest BCUT2D eigenvalue weighted by atomic mass is 9.87. The molecule has 3 heterocycles. The highest BCUT2D eigenvalue weighted by Crippen LogP contribution is 2.37. The second kappa shape index (κ2) is 19.6. The summed E-state index contributed by atoms with van der Waals surface area (Å²) in [5.41, 5.74) is 0.0571. The maximum atomic E-state index is 14.1. The Hall–Kier alpha value is -7.32. The fourth-order valence-corrected chi connectivity index (χ4v) is 6.55. The topological polar surface area (TPSA) is 183 Å². The lowest BCUT2D eigenvalue weighted by molar-refractivity contribution is -0.157. The number of fused-ring (bicyclic) bond motifs is 1. The van der Waals surface area contributed by atoms with E-state index < -0.39 is 96.0 Å². The van der Waals surface area contributed by atoms with Gasteiger partial charge < -0.3 is 34.5 Å². The Kier molecular flexibility index (Phi) is 14.4. The molecule has 6 rings (SSSR count). The molecular weight excluding hydrogens is 890 g/mol. The minimum absolute atomic E-state index is 0.131. The molecule has 1 aliphatic rings. The summed E-state index contributed by atoms with van der Waals surface area (Å²) in [4.78, 5) is 72.3. The molecule has 0 unspecified atom stereocenters. The van der Waals surface area contributed by atoms with Crippen molar-refractivity contribution in [1.82, 2.24) is 24.8 Å². The smallest absolute Gasteiger partial charge is 0.424 e. The van der Waals surface area contributed by atoms with Crippen molar-refractivity contribution in [2.45, 2.75) is 78.4 Å². The average Bonchev–Trinajstić information content (AvgIpc) is 3.65. The minimum Gasteiger partial charge on any atom is -0.482 e. The van der Waals surface area contributed by atoms with Crippen molar-refractivity contribution in [1.29, 1.82) is 0 Å². The van der Waals surface area contributed by atoms with Crippen molar-refractivity contribution in [2.24, 2.45) is 5.41 Å². The number of hydrogen-bond donors (Lipinski definition) is 2. The molecule has 67 heavy (non-hydrogen) atoms. The largest absolute Gasteiger partial charge is 0.482 e. The van der Waals surface area contributed by atoms with Crippen LogP contribution in [-0.2, 0) is 23.8 Å². The molecule has 5 aromatic rings. The number of alkyl halides is 4. The van der Waals surface area contributed by atoms with Crippen molar-refractivity contribution < 1.29 is 64.9 Å². The number of hydrogen-bond acceptors (Lipinski definition) is 11. The fraction of sp³-hybridized carbons (Fsp3) is 0.370. The van der Waals surface area contributed by atoms with E-state index >= 15 is 0 Å². The molecule has 21 heteroatoms. The Morgan fingerprint density at radius 3 is 2.15 bits per heavy atom. The van der Waals surface area contributed by atoms with E-state index in [0.29, 0.717) is 27.3 Å². The van der Waals surface area contributed by atoms with Gasteiger partial charge in [0.2, 0.25) is 12.7 Å². The van der Waals surface area contributed by atoms with Crippen molar-refractivity contribution in [2.75, 3.05) is 36.7 Å². The van der Waals surface area contributed by atoms with Gasteiger partial charge in [0.15, 0.2) is 12.3 Å². The summed E-state index contributed by atoms with van der Waals surface area (Å²) >= 11 is 0. The lowest BCUT2D eigenvalue weighted by Gasteiger charge is -2.34. The van der Waals surface area contributed by atoms with Crippen molar-refractivity contribution in [3.05, 3.63) is 102 Å². The Morgan fingerprint density at radius 1 is 0.866 bits per heavy atom. The number of likely N-dealkylation sites (tertiary alicyclic amines) is 1. The number of esters is 1. The van der Waals surface area contributed by atoms with Gasteiger partial charge in [-0.05, 0) is 104 Å². The molecule has 16 nitrogen and oxygen atoms in total. The van der Waals surface area contributed by atoms with Gasteiger partial charge >= 0.3 is 24.3 Å². The zero-order valence-corrected chi connectivity index (χ0v) is 37.4. The van der Waals surface area contributed by atoms with Crippen LogP contribution in [0.2, 0.25) is 0 Å². The molecule has 1 saturated heterocycles. The van der Waals surface area contributed by atoms with Crippen LogP contribution in [0.3, 0.4) is 0 Å². The Labute approximate surface area is 381 Å². The second-order valence-corrected chi connectivity index (χ2v) is 17.6. The Bertz CT molecular complexity index is 2620. The van der Waals surface area contributed by atoms with Crippen molar-refractivity contribution in [3.63, 3.8) is 0 Å². The van der Waals surface area contributed by atoms with E-state index in [4.69, 9.17) is 18.9 Å². The molecule has 2 atom stereocenters. The van der Waals surface area contributed by atoms with Gasteiger partial charge in [-0.1, -0.05) is 45.0 Å². The van der Waals surface area contributed by atoms with Crippen LogP contribution < -0.4 is 20.3 Å². The van der Waals surface area contributed by atoms with Crippen LogP contribution in [-0.4, -0.2) is 99.9 Å². The highest BCUT2D eigenvalue weighted by atomic mass is 19.4. The first-order chi connectivity index (χ1) is 31.3. The van der Waals surface area contributed by atoms with E-state index in [9.17, 15) is 45.9 Å². The number of rotatable bonds is 13. The van der Waals surface area contributed by atoms with E-state index in [2.05, 4.69) is 20.7 Å². The predicted molar refractivity (Wildman–Crippen MR) is 233 cm³/mol. The predicted octanol–water partition coefficient (Wildman–Crippen LogP) is 8.73. The van der Waals surface area contributed by atoms with E-state index in [0.717, 1.165) is 17.0 Å². The van der Waals surface area contributed by atoms with Crippen LogP contribution in [0.25, 0.3) is 16.8 Å². The number of halogens is 5. The Balaban J connectivity index is 1.29. The van der Waals surface area contributed by atoms with Crippen LogP contribution in [0.4, 0.5) is 48.9 Å². The molecule has 1 fully saturated rings. The number of carbonyl (C=O) groups is 5. The third kappa shape index (κ3) is 12.7. The summed E-state index contributed by atoms with van der Waals surface area (Å²) in [7, 11) is 0. The number of pyridine rings is 1. The number of carbonyl (C=O) groups excluding carboxylic acids is 5. The fourth-order valence-electron chi connectivity index (χ4n) is 6.55. The van der Waals surface area contributed by atoms with E-state index in [1.165, 1.54) is 41.0 Å². The lowest BCUT2D eigenvalue weighted by Crippen LogP contribution is -2.51. The van der Waals surface area contributed by atoms with Crippen LogP contribution in [0.15, 0.2) is 85.1 Å². The molecule has 0 radical (unpaired) electrons. The van der Waals surface area contributed by atoms with Crippen molar-refractivity contribution in [3.8, 4) is 16.9 Å². The molecule has 356 valence electrons. The number of nitrogens with zero attached hydrogens (tertiary/aromatic N) is 5. The summed E-state index contributed by atoms with van der Waals surface area (Å²) in [6.07, 6.45) is -6.95. The summed E-state index contributed by atoms with van der Waals surface area (Å²) in [5.74, 6) is -4.14. The van der Waals surface area contributed by atoms with Crippen LogP contribution in [0.1, 0.15) is 70.3 Å². The van der Waals surface area contributed by atoms with Crippen LogP contribution >= 0.6 is 0 Å². The number of alkyl carbamates (subject to hydrolysis) is 1. The third-order valence-electron chi connectivity index (χ3n) is 10.1. The molecule has 0 bridgehead atoms. The third-order valence-corrected chi connectivity index (χ3v) is 10.1. The molecular formula is C46H48F5N7O9. The number of aromatic nitrogens is 3. The monoisotopic (exact) mass is 937 g/mol.